The Hall–Kier alpha value is -3.23. The van der Waals surface area contributed by atoms with E-state index in [1.54, 1.807) is 18.4 Å². The maximum absolute atomic E-state index is 5.31. The van der Waals surface area contributed by atoms with Gasteiger partial charge in [-0.1, -0.05) is 35.9 Å². The lowest BCUT2D eigenvalue weighted by atomic mass is 10.0. The van der Waals surface area contributed by atoms with Crippen LogP contribution in [0.1, 0.15) is 27.9 Å². The minimum atomic E-state index is 0.0126. The molecule has 0 saturated carbocycles. The van der Waals surface area contributed by atoms with Crippen LogP contribution in [0.4, 0.5) is 5.69 Å². The molecule has 1 saturated heterocycles. The van der Waals surface area contributed by atoms with Crippen LogP contribution in [-0.4, -0.2) is 58.4 Å². The summed E-state index contributed by atoms with van der Waals surface area (Å²) in [6.45, 7) is 6.55. The molecule has 0 spiro atoms. The molecular weight excluding hydrogens is 432 g/mol. The highest BCUT2D eigenvalue weighted by Gasteiger charge is 2.30. The summed E-state index contributed by atoms with van der Waals surface area (Å²) in [7, 11) is 1.70. The van der Waals surface area contributed by atoms with E-state index < -0.39 is 0 Å². The van der Waals surface area contributed by atoms with Crippen molar-refractivity contribution in [3.8, 4) is 5.75 Å². The number of aryl methyl sites for hydroxylation is 1. The van der Waals surface area contributed by atoms with Gasteiger partial charge in [0.25, 0.3) is 0 Å². The number of tetrazole rings is 1. The van der Waals surface area contributed by atoms with E-state index in [0.717, 1.165) is 37.8 Å². The molecule has 8 heteroatoms. The van der Waals surface area contributed by atoms with Gasteiger partial charge in [-0.15, -0.1) is 16.4 Å². The number of anilines is 1. The summed E-state index contributed by atoms with van der Waals surface area (Å²) in [6, 6.07) is 21.3. The van der Waals surface area contributed by atoms with Crippen LogP contribution in [-0.2, 0) is 6.54 Å². The molecule has 1 atom stereocenters. The summed E-state index contributed by atoms with van der Waals surface area (Å²) in [6.07, 6.45) is 0. The predicted octanol–water partition coefficient (Wildman–Crippen LogP) is 4.01. The minimum absolute atomic E-state index is 0.0126. The van der Waals surface area contributed by atoms with Crippen molar-refractivity contribution >= 4 is 17.0 Å². The molecule has 5 rings (SSSR count). The minimum Gasteiger partial charge on any atom is -0.497 e. The first-order valence-corrected chi connectivity index (χ1v) is 12.1. The zero-order valence-electron chi connectivity index (χ0n) is 19.0. The van der Waals surface area contributed by atoms with Crippen LogP contribution in [0, 0.1) is 6.92 Å². The van der Waals surface area contributed by atoms with Crippen molar-refractivity contribution in [3.63, 3.8) is 0 Å². The van der Waals surface area contributed by atoms with Gasteiger partial charge >= 0.3 is 0 Å². The lowest BCUT2D eigenvalue weighted by Gasteiger charge is -2.40. The molecule has 3 heterocycles. The summed E-state index contributed by atoms with van der Waals surface area (Å²) in [5, 5.41) is 15.0. The van der Waals surface area contributed by atoms with Crippen LogP contribution in [0.15, 0.2) is 66.0 Å². The number of hydrogen-bond donors (Lipinski definition) is 0. The molecule has 2 aromatic carbocycles. The standard InChI is InChI=1S/C25H28N6OS/c1-19-5-7-20(8-6-19)24(25-26-27-28-31(25)18-23-4-3-17-33-23)30-15-13-29(14-16-30)21-9-11-22(32-2)12-10-21/h3-12,17,24H,13-16,18H2,1-2H3/t24-/m1/s1. The van der Waals surface area contributed by atoms with Crippen molar-refractivity contribution in [2.45, 2.75) is 19.5 Å². The van der Waals surface area contributed by atoms with E-state index in [0.29, 0.717) is 6.54 Å². The molecule has 33 heavy (non-hydrogen) atoms. The van der Waals surface area contributed by atoms with Crippen LogP contribution in [0.25, 0.3) is 0 Å². The average molecular weight is 461 g/mol. The highest BCUT2D eigenvalue weighted by molar-refractivity contribution is 7.09. The van der Waals surface area contributed by atoms with Gasteiger partial charge < -0.3 is 9.64 Å². The van der Waals surface area contributed by atoms with Crippen LogP contribution < -0.4 is 9.64 Å². The van der Waals surface area contributed by atoms with Gasteiger partial charge in [-0.05, 0) is 58.6 Å². The van der Waals surface area contributed by atoms with Crippen LogP contribution >= 0.6 is 11.3 Å². The summed E-state index contributed by atoms with van der Waals surface area (Å²) in [4.78, 5) is 6.17. The molecule has 7 nitrogen and oxygen atoms in total. The molecule has 1 fully saturated rings. The molecule has 170 valence electrons. The smallest absolute Gasteiger partial charge is 0.173 e. The van der Waals surface area contributed by atoms with Gasteiger partial charge in [-0.25, -0.2) is 4.68 Å². The fourth-order valence-corrected chi connectivity index (χ4v) is 5.06. The summed E-state index contributed by atoms with van der Waals surface area (Å²) in [5.74, 6) is 1.78. The second kappa shape index (κ2) is 9.72. The summed E-state index contributed by atoms with van der Waals surface area (Å²) < 4.78 is 7.26. The second-order valence-electron chi connectivity index (χ2n) is 8.31. The Labute approximate surface area is 198 Å². The number of nitrogens with zero attached hydrogens (tertiary/aromatic N) is 6. The molecule has 0 N–H and O–H groups in total. The first-order chi connectivity index (χ1) is 16.2. The number of thiophene rings is 1. The number of ether oxygens (including phenoxy) is 1. The average Bonchev–Trinajstić information content (AvgIpc) is 3.54. The van der Waals surface area contributed by atoms with Crippen LogP contribution in [0.3, 0.4) is 0 Å². The molecule has 0 unspecified atom stereocenters. The molecular formula is C25H28N6OS. The van der Waals surface area contributed by atoms with E-state index in [1.807, 2.05) is 16.8 Å². The van der Waals surface area contributed by atoms with E-state index in [2.05, 4.69) is 86.2 Å². The normalized spacial score (nSPS) is 15.5. The largest absolute Gasteiger partial charge is 0.497 e. The van der Waals surface area contributed by atoms with Gasteiger partial charge in [0.2, 0.25) is 0 Å². The molecule has 0 aliphatic carbocycles. The highest BCUT2D eigenvalue weighted by atomic mass is 32.1. The Morgan fingerprint density at radius 1 is 0.970 bits per heavy atom. The highest BCUT2D eigenvalue weighted by Crippen LogP contribution is 2.30. The number of piperazine rings is 1. The third-order valence-corrected chi connectivity index (χ3v) is 7.06. The third kappa shape index (κ3) is 4.77. The van der Waals surface area contributed by atoms with Gasteiger partial charge in [0.05, 0.1) is 19.7 Å². The maximum Gasteiger partial charge on any atom is 0.173 e. The van der Waals surface area contributed by atoms with Gasteiger partial charge in [-0.3, -0.25) is 4.90 Å². The molecule has 4 aromatic rings. The van der Waals surface area contributed by atoms with E-state index >= 15 is 0 Å². The lowest BCUT2D eigenvalue weighted by molar-refractivity contribution is 0.201. The van der Waals surface area contributed by atoms with Crippen molar-refractivity contribution in [1.82, 2.24) is 25.1 Å². The molecule has 0 amide bonds. The number of benzene rings is 2. The van der Waals surface area contributed by atoms with Gasteiger partial charge in [0.1, 0.15) is 5.75 Å². The van der Waals surface area contributed by atoms with E-state index in [1.165, 1.54) is 21.7 Å². The zero-order chi connectivity index (χ0) is 22.6. The quantitative estimate of drug-likeness (QED) is 0.415. The van der Waals surface area contributed by atoms with Gasteiger partial charge in [0, 0.05) is 36.7 Å². The Balaban J connectivity index is 1.39. The monoisotopic (exact) mass is 460 g/mol. The van der Waals surface area contributed by atoms with Gasteiger partial charge in [0.15, 0.2) is 5.82 Å². The molecule has 2 aromatic heterocycles. The fourth-order valence-electron chi connectivity index (χ4n) is 4.37. The van der Waals surface area contributed by atoms with Crippen molar-refractivity contribution in [2.75, 3.05) is 38.2 Å². The molecule has 1 aliphatic rings. The lowest BCUT2D eigenvalue weighted by Crippen LogP contribution is -2.48. The van der Waals surface area contributed by atoms with Crippen molar-refractivity contribution in [3.05, 3.63) is 87.9 Å². The first kappa shape index (κ1) is 21.6. The molecule has 0 radical (unpaired) electrons. The summed E-state index contributed by atoms with van der Waals surface area (Å²) >= 11 is 1.73. The van der Waals surface area contributed by atoms with Crippen LogP contribution in [0.2, 0.25) is 0 Å². The van der Waals surface area contributed by atoms with Crippen molar-refractivity contribution < 1.29 is 4.74 Å². The zero-order valence-corrected chi connectivity index (χ0v) is 19.8. The third-order valence-electron chi connectivity index (χ3n) is 6.20. The SMILES string of the molecule is COc1ccc(N2CCN([C@H](c3ccc(C)cc3)c3nnnn3Cc3cccs3)CC2)cc1. The number of rotatable bonds is 7. The molecule has 0 bridgehead atoms. The number of hydrogen-bond acceptors (Lipinski definition) is 7. The van der Waals surface area contributed by atoms with Gasteiger partial charge in [-0.2, -0.15) is 0 Å². The topological polar surface area (TPSA) is 59.3 Å². The fraction of sp³-hybridized carbons (Fsp3) is 0.320. The maximum atomic E-state index is 5.31. The van der Waals surface area contributed by atoms with Crippen molar-refractivity contribution in [2.24, 2.45) is 0 Å². The van der Waals surface area contributed by atoms with E-state index in [-0.39, 0.29) is 6.04 Å². The first-order valence-electron chi connectivity index (χ1n) is 11.2. The Morgan fingerprint density at radius 3 is 2.39 bits per heavy atom. The Bertz CT molecular complexity index is 1150. The summed E-state index contributed by atoms with van der Waals surface area (Å²) in [5.41, 5.74) is 3.70. The number of aromatic nitrogens is 4. The van der Waals surface area contributed by atoms with E-state index in [9.17, 15) is 0 Å². The van der Waals surface area contributed by atoms with E-state index in [4.69, 9.17) is 4.74 Å². The molecule has 1 aliphatic heterocycles. The Kier molecular flexibility index (Phi) is 6.37. The number of methoxy groups -OCH3 is 1. The second-order valence-corrected chi connectivity index (χ2v) is 9.34. The van der Waals surface area contributed by atoms with Crippen LogP contribution in [0.5, 0.6) is 5.75 Å². The predicted molar refractivity (Wildman–Crippen MR) is 131 cm³/mol. The van der Waals surface area contributed by atoms with Crippen molar-refractivity contribution in [1.29, 1.82) is 0 Å². The Morgan fingerprint density at radius 2 is 1.73 bits per heavy atom.